The molecule has 0 bridgehead atoms. The van der Waals surface area contributed by atoms with Gasteiger partial charge in [-0.15, -0.1) is 0 Å². The Bertz CT molecular complexity index is 448. The van der Waals surface area contributed by atoms with Crippen LogP contribution >= 0.6 is 0 Å². The second-order valence-corrected chi connectivity index (χ2v) is 3.50. The average molecular weight is 240 g/mol. The van der Waals surface area contributed by atoms with Crippen LogP contribution in [0.25, 0.3) is 0 Å². The van der Waals surface area contributed by atoms with Crippen LogP contribution in [0, 0.1) is 5.82 Å². The van der Waals surface area contributed by atoms with E-state index in [0.717, 1.165) is 18.2 Å². The molecule has 0 aliphatic rings. The molecular weight excluding hydrogens is 227 g/mol. The highest BCUT2D eigenvalue weighted by molar-refractivity contribution is 6.02. The maximum absolute atomic E-state index is 13.0. The summed E-state index contributed by atoms with van der Waals surface area (Å²) in [6.45, 7) is 1.72. The Hall–Kier alpha value is -1.95. The normalized spacial score (nSPS) is 11.9. The van der Waals surface area contributed by atoms with Gasteiger partial charge in [0.1, 0.15) is 5.82 Å². The molecule has 1 aromatic carbocycles. The summed E-state index contributed by atoms with van der Waals surface area (Å²) in [7, 11) is 0. The molecule has 0 aliphatic heterocycles. The zero-order chi connectivity index (χ0) is 13.0. The summed E-state index contributed by atoms with van der Waals surface area (Å²) in [4.78, 5) is 22.3. The van der Waals surface area contributed by atoms with Crippen molar-refractivity contribution in [3.05, 3.63) is 29.6 Å². The van der Waals surface area contributed by atoms with E-state index in [9.17, 15) is 14.0 Å². The third-order valence-corrected chi connectivity index (χ3v) is 2.25. The lowest BCUT2D eigenvalue weighted by molar-refractivity contribution is -0.117. The zero-order valence-corrected chi connectivity index (χ0v) is 9.24. The first kappa shape index (κ1) is 13.1. The number of anilines is 1. The Kier molecular flexibility index (Phi) is 4.17. The monoisotopic (exact) mass is 240 g/mol. The van der Waals surface area contributed by atoms with Gasteiger partial charge in [-0.1, -0.05) is 6.92 Å². The van der Waals surface area contributed by atoms with Crippen LogP contribution in [-0.2, 0) is 4.79 Å². The summed E-state index contributed by atoms with van der Waals surface area (Å²) in [5.41, 5.74) is 5.21. The molecule has 17 heavy (non-hydrogen) atoms. The molecule has 6 heteroatoms. The number of amides is 1. The average Bonchev–Trinajstić information content (AvgIpc) is 2.27. The van der Waals surface area contributed by atoms with Crippen LogP contribution < -0.4 is 11.1 Å². The molecule has 0 spiro atoms. The molecule has 92 valence electrons. The lowest BCUT2D eigenvalue weighted by Crippen LogP contribution is -2.35. The first-order valence-electron chi connectivity index (χ1n) is 5.05. The zero-order valence-electron chi connectivity index (χ0n) is 9.24. The predicted octanol–water partition coefficient (Wildman–Crippen LogP) is 1.20. The number of carboxylic acid groups (broad SMARTS) is 1. The first-order valence-corrected chi connectivity index (χ1v) is 5.05. The smallest absolute Gasteiger partial charge is 0.337 e. The van der Waals surface area contributed by atoms with Crippen LogP contribution in [0.15, 0.2) is 18.2 Å². The van der Waals surface area contributed by atoms with E-state index in [2.05, 4.69) is 5.32 Å². The van der Waals surface area contributed by atoms with E-state index in [-0.39, 0.29) is 11.3 Å². The Labute approximate surface area is 97.4 Å². The van der Waals surface area contributed by atoms with Gasteiger partial charge in [-0.2, -0.15) is 0 Å². The largest absolute Gasteiger partial charge is 0.478 e. The molecule has 0 fully saturated rings. The van der Waals surface area contributed by atoms with Crippen molar-refractivity contribution < 1.29 is 19.1 Å². The Morgan fingerprint density at radius 2 is 2.18 bits per heavy atom. The standard InChI is InChI=1S/C11H13FN2O3/c1-2-8(13)10(15)14-9-5-6(12)3-4-7(9)11(16)17/h3-5,8H,2,13H2,1H3,(H,14,15)(H,16,17). The summed E-state index contributed by atoms with van der Waals surface area (Å²) < 4.78 is 13.0. The van der Waals surface area contributed by atoms with Crippen molar-refractivity contribution in [1.82, 2.24) is 0 Å². The minimum absolute atomic E-state index is 0.0913. The summed E-state index contributed by atoms with van der Waals surface area (Å²) >= 11 is 0. The summed E-state index contributed by atoms with van der Waals surface area (Å²) in [5.74, 6) is -2.42. The maximum atomic E-state index is 13.0. The SMILES string of the molecule is CCC(N)C(=O)Nc1cc(F)ccc1C(=O)O. The number of carbonyl (C=O) groups excluding carboxylic acids is 1. The van der Waals surface area contributed by atoms with E-state index in [1.165, 1.54) is 0 Å². The third kappa shape index (κ3) is 3.25. The van der Waals surface area contributed by atoms with Gasteiger partial charge < -0.3 is 16.2 Å². The second kappa shape index (κ2) is 5.40. The third-order valence-electron chi connectivity index (χ3n) is 2.25. The quantitative estimate of drug-likeness (QED) is 0.737. The number of halogens is 1. The van der Waals surface area contributed by atoms with E-state index < -0.39 is 23.7 Å². The van der Waals surface area contributed by atoms with Gasteiger partial charge in [-0.25, -0.2) is 9.18 Å². The highest BCUT2D eigenvalue weighted by atomic mass is 19.1. The number of hydrogen-bond donors (Lipinski definition) is 3. The van der Waals surface area contributed by atoms with Crippen molar-refractivity contribution in [3.63, 3.8) is 0 Å². The minimum atomic E-state index is -1.25. The van der Waals surface area contributed by atoms with Crippen LogP contribution in [0.4, 0.5) is 10.1 Å². The lowest BCUT2D eigenvalue weighted by Gasteiger charge is -2.12. The molecule has 1 unspecified atom stereocenters. The van der Waals surface area contributed by atoms with Crippen LogP contribution in [-0.4, -0.2) is 23.0 Å². The number of nitrogens with one attached hydrogen (secondary N) is 1. The predicted molar refractivity (Wildman–Crippen MR) is 60.3 cm³/mol. The molecule has 0 aliphatic carbocycles. The van der Waals surface area contributed by atoms with Gasteiger partial charge in [-0.3, -0.25) is 4.79 Å². The van der Waals surface area contributed by atoms with Crippen LogP contribution in [0.2, 0.25) is 0 Å². The Balaban J connectivity index is 3.00. The molecule has 5 nitrogen and oxygen atoms in total. The van der Waals surface area contributed by atoms with Crippen molar-refractivity contribution in [1.29, 1.82) is 0 Å². The summed E-state index contributed by atoms with van der Waals surface area (Å²) in [5, 5.41) is 11.2. The Morgan fingerprint density at radius 3 is 2.71 bits per heavy atom. The molecule has 1 atom stereocenters. The minimum Gasteiger partial charge on any atom is -0.478 e. The van der Waals surface area contributed by atoms with Crippen molar-refractivity contribution in [2.45, 2.75) is 19.4 Å². The van der Waals surface area contributed by atoms with Crippen LogP contribution in [0.5, 0.6) is 0 Å². The highest BCUT2D eigenvalue weighted by Gasteiger charge is 2.16. The summed E-state index contributed by atoms with van der Waals surface area (Å²) in [6.07, 6.45) is 0.406. The molecule has 0 saturated heterocycles. The fourth-order valence-electron chi connectivity index (χ4n) is 1.22. The molecule has 1 amide bonds. The number of carbonyl (C=O) groups is 2. The van der Waals surface area contributed by atoms with Gasteiger partial charge in [0.25, 0.3) is 0 Å². The molecular formula is C11H13FN2O3. The molecule has 1 aromatic rings. The van der Waals surface area contributed by atoms with Gasteiger partial charge in [0.15, 0.2) is 0 Å². The molecule has 1 rings (SSSR count). The number of rotatable bonds is 4. The highest BCUT2D eigenvalue weighted by Crippen LogP contribution is 2.17. The number of carboxylic acids is 1. The fourth-order valence-corrected chi connectivity index (χ4v) is 1.22. The van der Waals surface area contributed by atoms with Gasteiger partial charge in [0.05, 0.1) is 17.3 Å². The van der Waals surface area contributed by atoms with Crippen molar-refractivity contribution in [2.75, 3.05) is 5.32 Å². The molecule has 0 aromatic heterocycles. The van der Waals surface area contributed by atoms with Crippen LogP contribution in [0.3, 0.4) is 0 Å². The topological polar surface area (TPSA) is 92.4 Å². The van der Waals surface area contributed by atoms with E-state index in [4.69, 9.17) is 10.8 Å². The molecule has 0 radical (unpaired) electrons. The van der Waals surface area contributed by atoms with Crippen molar-refractivity contribution >= 4 is 17.6 Å². The van der Waals surface area contributed by atoms with E-state index >= 15 is 0 Å². The number of hydrogen-bond acceptors (Lipinski definition) is 3. The van der Waals surface area contributed by atoms with E-state index in [0.29, 0.717) is 6.42 Å². The number of benzene rings is 1. The van der Waals surface area contributed by atoms with Crippen molar-refractivity contribution in [3.8, 4) is 0 Å². The van der Waals surface area contributed by atoms with Gasteiger partial charge >= 0.3 is 5.97 Å². The summed E-state index contributed by atoms with van der Waals surface area (Å²) in [6, 6.07) is 2.30. The van der Waals surface area contributed by atoms with E-state index in [1.54, 1.807) is 6.92 Å². The number of aromatic carboxylic acids is 1. The van der Waals surface area contributed by atoms with E-state index in [1.807, 2.05) is 0 Å². The van der Waals surface area contributed by atoms with Gasteiger partial charge in [-0.05, 0) is 24.6 Å². The Morgan fingerprint density at radius 1 is 1.53 bits per heavy atom. The second-order valence-electron chi connectivity index (χ2n) is 3.50. The number of nitrogens with two attached hydrogens (primary N) is 1. The van der Waals surface area contributed by atoms with Crippen molar-refractivity contribution in [2.24, 2.45) is 5.73 Å². The van der Waals surface area contributed by atoms with Crippen LogP contribution in [0.1, 0.15) is 23.7 Å². The van der Waals surface area contributed by atoms with Gasteiger partial charge in [0.2, 0.25) is 5.91 Å². The molecule has 4 N–H and O–H groups in total. The first-order chi connectivity index (χ1) is 7.95. The molecule has 0 saturated carbocycles. The van der Waals surface area contributed by atoms with Gasteiger partial charge in [0, 0.05) is 0 Å². The lowest BCUT2D eigenvalue weighted by atomic mass is 10.1. The fraction of sp³-hybridized carbons (Fsp3) is 0.273. The maximum Gasteiger partial charge on any atom is 0.337 e. The molecule has 0 heterocycles.